The molecular weight excluding hydrogens is 456 g/mol. The molecule has 0 radical (unpaired) electrons. The molecule has 37 heavy (non-hydrogen) atoms. The first-order valence-electron chi connectivity index (χ1n) is 15.5. The molecule has 5 saturated carbocycles. The van der Waals surface area contributed by atoms with Crippen molar-refractivity contribution in [2.24, 2.45) is 56.7 Å². The molecule has 5 rings (SSSR count). The average Bonchev–Trinajstić information content (AvgIpc) is 3.21. The van der Waals surface area contributed by atoms with Gasteiger partial charge in [0.05, 0.1) is 12.7 Å². The van der Waals surface area contributed by atoms with Crippen LogP contribution < -0.4 is 0 Å². The van der Waals surface area contributed by atoms with Gasteiger partial charge in [0.1, 0.15) is 0 Å². The van der Waals surface area contributed by atoms with Gasteiger partial charge < -0.3 is 9.84 Å². The van der Waals surface area contributed by atoms with Gasteiger partial charge in [-0.1, -0.05) is 52.8 Å². The largest absolute Gasteiger partial charge is 0.463 e. The summed E-state index contributed by atoms with van der Waals surface area (Å²) >= 11 is 0. The van der Waals surface area contributed by atoms with Crippen LogP contribution in [-0.4, -0.2) is 23.8 Å². The second kappa shape index (κ2) is 8.97. The van der Waals surface area contributed by atoms with E-state index in [0.29, 0.717) is 46.5 Å². The Morgan fingerprint density at radius 3 is 2.32 bits per heavy atom. The van der Waals surface area contributed by atoms with Gasteiger partial charge in [0.25, 0.3) is 0 Å². The summed E-state index contributed by atoms with van der Waals surface area (Å²) in [6.07, 6.45) is 16.0. The molecule has 10 atom stereocenters. The fourth-order valence-corrected chi connectivity index (χ4v) is 11.9. The minimum atomic E-state index is -0.188. The molecule has 4 unspecified atom stereocenters. The standard InChI is InChI=1S/C34H54O3/c1-9-37-28(36)15-19-34-18-12-23(22(2)3)29(34)24-10-11-26-31(6)16-14-27(35)30(4,5)25(31)13-17-33(26,8)32(24,7)20-21-34/h15,19,23-27,29,35H,2,9-14,16-18,20-21H2,1,3-8H3/t23-,24?,25?,26?,27+,29?,31-,32+,33+,34-/m0/s1. The Morgan fingerprint density at radius 1 is 0.919 bits per heavy atom. The third-order valence-electron chi connectivity index (χ3n) is 13.9. The molecule has 5 aliphatic rings. The number of aliphatic hydroxyl groups excluding tert-OH is 1. The molecule has 0 aromatic carbocycles. The molecule has 5 fully saturated rings. The van der Waals surface area contributed by atoms with Gasteiger partial charge in [0.2, 0.25) is 0 Å². The second-order valence-corrected chi connectivity index (χ2v) is 15.4. The Hall–Kier alpha value is -1.09. The summed E-state index contributed by atoms with van der Waals surface area (Å²) in [4.78, 5) is 12.4. The Kier molecular flexibility index (Phi) is 6.66. The lowest BCUT2D eigenvalue weighted by atomic mass is 9.32. The van der Waals surface area contributed by atoms with E-state index < -0.39 is 0 Å². The van der Waals surface area contributed by atoms with Crippen LogP contribution in [0.2, 0.25) is 0 Å². The van der Waals surface area contributed by atoms with E-state index in [-0.39, 0.29) is 22.9 Å². The molecular formula is C34H54O3. The monoisotopic (exact) mass is 510 g/mol. The molecule has 1 N–H and O–H groups in total. The zero-order valence-corrected chi connectivity index (χ0v) is 24.9. The third-order valence-corrected chi connectivity index (χ3v) is 13.9. The number of aliphatic hydroxyl groups is 1. The van der Waals surface area contributed by atoms with Gasteiger partial charge in [-0.25, -0.2) is 4.79 Å². The van der Waals surface area contributed by atoms with E-state index in [0.717, 1.165) is 12.3 Å². The molecule has 0 amide bonds. The Bertz CT molecular complexity index is 964. The number of hydrogen-bond acceptors (Lipinski definition) is 3. The molecule has 208 valence electrons. The molecule has 0 aliphatic heterocycles. The summed E-state index contributed by atoms with van der Waals surface area (Å²) < 4.78 is 5.29. The Balaban J connectivity index is 1.52. The molecule has 3 nitrogen and oxygen atoms in total. The van der Waals surface area contributed by atoms with Crippen LogP contribution in [0, 0.1) is 56.7 Å². The lowest BCUT2D eigenvalue weighted by Gasteiger charge is -2.73. The van der Waals surface area contributed by atoms with Crippen LogP contribution in [-0.2, 0) is 9.53 Å². The highest BCUT2D eigenvalue weighted by Crippen LogP contribution is 2.77. The zero-order valence-electron chi connectivity index (χ0n) is 24.9. The van der Waals surface area contributed by atoms with Crippen molar-refractivity contribution in [3.05, 3.63) is 24.3 Å². The first-order chi connectivity index (χ1) is 17.3. The van der Waals surface area contributed by atoms with Gasteiger partial charge in [-0.2, -0.15) is 0 Å². The fraction of sp³-hybridized carbons (Fsp3) is 0.853. The third kappa shape index (κ3) is 3.71. The molecule has 0 aromatic rings. The van der Waals surface area contributed by atoms with E-state index >= 15 is 0 Å². The quantitative estimate of drug-likeness (QED) is 0.236. The number of rotatable bonds is 4. The van der Waals surface area contributed by atoms with Crippen molar-refractivity contribution in [3.63, 3.8) is 0 Å². The molecule has 0 spiro atoms. The zero-order chi connectivity index (χ0) is 27.0. The summed E-state index contributed by atoms with van der Waals surface area (Å²) in [5.41, 5.74) is 2.37. The second-order valence-electron chi connectivity index (χ2n) is 15.4. The maximum Gasteiger partial charge on any atom is 0.330 e. The van der Waals surface area contributed by atoms with E-state index in [4.69, 9.17) is 4.74 Å². The van der Waals surface area contributed by atoms with Gasteiger partial charge in [0, 0.05) is 6.08 Å². The lowest BCUT2D eigenvalue weighted by molar-refractivity contribution is -0.244. The minimum absolute atomic E-state index is 0.00218. The Labute approximate surface area is 226 Å². The van der Waals surface area contributed by atoms with Crippen LogP contribution in [0.4, 0.5) is 0 Å². The van der Waals surface area contributed by atoms with Gasteiger partial charge in [0.15, 0.2) is 0 Å². The summed E-state index contributed by atoms with van der Waals surface area (Å²) in [6, 6.07) is 0. The van der Waals surface area contributed by atoms with Crippen molar-refractivity contribution in [3.8, 4) is 0 Å². The summed E-state index contributed by atoms with van der Waals surface area (Å²) in [6.45, 7) is 21.7. The number of allylic oxidation sites excluding steroid dienone is 2. The lowest BCUT2D eigenvalue weighted by Crippen LogP contribution is -2.66. The normalized spacial score (nSPS) is 50.5. The van der Waals surface area contributed by atoms with Crippen LogP contribution in [0.5, 0.6) is 0 Å². The summed E-state index contributed by atoms with van der Waals surface area (Å²) in [5, 5.41) is 11.0. The predicted molar refractivity (Wildman–Crippen MR) is 151 cm³/mol. The van der Waals surface area contributed by atoms with Crippen molar-refractivity contribution >= 4 is 5.97 Å². The average molecular weight is 511 g/mol. The highest BCUT2D eigenvalue weighted by molar-refractivity contribution is 5.82. The number of hydrogen-bond donors (Lipinski definition) is 1. The van der Waals surface area contributed by atoms with E-state index in [1.807, 2.05) is 6.92 Å². The van der Waals surface area contributed by atoms with Crippen LogP contribution in [0.25, 0.3) is 0 Å². The van der Waals surface area contributed by atoms with Crippen LogP contribution >= 0.6 is 0 Å². The smallest absolute Gasteiger partial charge is 0.330 e. The van der Waals surface area contributed by atoms with E-state index in [1.54, 1.807) is 6.08 Å². The number of esters is 1. The highest BCUT2D eigenvalue weighted by Gasteiger charge is 2.70. The molecule has 0 heterocycles. The van der Waals surface area contributed by atoms with Crippen molar-refractivity contribution in [1.29, 1.82) is 0 Å². The highest BCUT2D eigenvalue weighted by atomic mass is 16.5. The van der Waals surface area contributed by atoms with Crippen molar-refractivity contribution in [2.75, 3.05) is 6.61 Å². The number of fused-ring (bicyclic) bond motifs is 7. The SMILES string of the molecule is C=C(C)[C@@H]1CC[C@]2(C=CC(=O)OCC)CC[C@]3(C)C(CCC4[C@@]5(C)CC[C@@H](O)C(C)(C)C5CC[C@]43C)C12. The van der Waals surface area contributed by atoms with Crippen molar-refractivity contribution < 1.29 is 14.6 Å². The predicted octanol–water partition coefficient (Wildman–Crippen LogP) is 8.12. The number of ether oxygens (including phenoxy) is 1. The van der Waals surface area contributed by atoms with E-state index in [2.05, 4.69) is 54.2 Å². The number of carbonyl (C=O) groups is 1. The molecule has 5 aliphatic carbocycles. The topological polar surface area (TPSA) is 46.5 Å². The van der Waals surface area contributed by atoms with Gasteiger partial charge in [-0.3, -0.25) is 0 Å². The summed E-state index contributed by atoms with van der Waals surface area (Å²) in [7, 11) is 0. The van der Waals surface area contributed by atoms with Crippen LogP contribution in [0.3, 0.4) is 0 Å². The van der Waals surface area contributed by atoms with Gasteiger partial charge in [-0.05, 0) is 135 Å². The number of carbonyl (C=O) groups excluding carboxylic acids is 1. The molecule has 0 saturated heterocycles. The van der Waals surface area contributed by atoms with Crippen molar-refractivity contribution in [2.45, 2.75) is 119 Å². The van der Waals surface area contributed by atoms with Gasteiger partial charge >= 0.3 is 5.97 Å². The maximum atomic E-state index is 12.4. The molecule has 0 bridgehead atoms. The van der Waals surface area contributed by atoms with Crippen LogP contribution in [0.15, 0.2) is 24.3 Å². The van der Waals surface area contributed by atoms with Crippen LogP contribution in [0.1, 0.15) is 113 Å². The van der Waals surface area contributed by atoms with Crippen molar-refractivity contribution in [1.82, 2.24) is 0 Å². The maximum absolute atomic E-state index is 12.4. The Morgan fingerprint density at radius 2 is 1.65 bits per heavy atom. The first-order valence-corrected chi connectivity index (χ1v) is 15.5. The van der Waals surface area contributed by atoms with Gasteiger partial charge in [-0.15, -0.1) is 0 Å². The minimum Gasteiger partial charge on any atom is -0.463 e. The summed E-state index contributed by atoms with van der Waals surface area (Å²) in [5.74, 6) is 2.92. The first kappa shape index (κ1) is 27.5. The fourth-order valence-electron chi connectivity index (χ4n) is 11.9. The molecule has 0 aromatic heterocycles. The van der Waals surface area contributed by atoms with E-state index in [1.165, 1.54) is 63.4 Å². The molecule has 3 heteroatoms. The van der Waals surface area contributed by atoms with E-state index in [9.17, 15) is 9.90 Å².